The number of halogens is 1. The van der Waals surface area contributed by atoms with Gasteiger partial charge in [-0.1, -0.05) is 113 Å². The van der Waals surface area contributed by atoms with Crippen LogP contribution in [-0.4, -0.2) is 22.6 Å². The molecule has 192 valence electrons. The number of amides is 1. The summed E-state index contributed by atoms with van der Waals surface area (Å²) >= 11 is 3.50. The van der Waals surface area contributed by atoms with Gasteiger partial charge in [0.2, 0.25) is 6.04 Å². The lowest BCUT2D eigenvalue weighted by Crippen LogP contribution is -2.49. The molecule has 0 bridgehead atoms. The van der Waals surface area contributed by atoms with Crippen LogP contribution in [0.1, 0.15) is 29.0 Å². The van der Waals surface area contributed by atoms with Crippen LogP contribution in [0.3, 0.4) is 0 Å². The van der Waals surface area contributed by atoms with Crippen molar-refractivity contribution in [2.45, 2.75) is 18.4 Å². The molecule has 7 heteroatoms. The maximum Gasteiger partial charge on any atom is 0.264 e. The smallest absolute Gasteiger partial charge is 0.264 e. The lowest BCUT2D eigenvalue weighted by atomic mass is 9.61. The number of benzene rings is 4. The van der Waals surface area contributed by atoms with Crippen molar-refractivity contribution in [1.82, 2.24) is 0 Å². The van der Waals surface area contributed by atoms with Crippen molar-refractivity contribution >= 4 is 38.8 Å². The Hall–Kier alpha value is -4.36. The Morgan fingerprint density at radius 2 is 1.41 bits per heavy atom. The fraction of sp³-hybridized carbons (Fsp3) is 0.125. The molecule has 2 aliphatic rings. The van der Waals surface area contributed by atoms with E-state index in [1.807, 2.05) is 121 Å². The van der Waals surface area contributed by atoms with Gasteiger partial charge >= 0.3 is 0 Å². The largest absolute Gasteiger partial charge is 0.271 e. The van der Waals surface area contributed by atoms with Gasteiger partial charge in [0.05, 0.1) is 17.3 Å². The summed E-state index contributed by atoms with van der Waals surface area (Å²) in [6, 6.07) is 35.0. The zero-order chi connectivity index (χ0) is 27.0. The first-order chi connectivity index (χ1) is 19.0. The van der Waals surface area contributed by atoms with Crippen molar-refractivity contribution in [2.75, 3.05) is 5.01 Å². The third-order valence-corrected chi connectivity index (χ3v) is 8.08. The van der Waals surface area contributed by atoms with Gasteiger partial charge in [-0.15, -0.1) is 0 Å². The van der Waals surface area contributed by atoms with Gasteiger partial charge < -0.3 is 0 Å². The Labute approximate surface area is 234 Å². The van der Waals surface area contributed by atoms with Crippen LogP contribution in [0, 0.1) is 15.5 Å². The van der Waals surface area contributed by atoms with E-state index in [9.17, 15) is 14.9 Å². The van der Waals surface area contributed by atoms with E-state index < -0.39 is 17.4 Å². The van der Waals surface area contributed by atoms with Gasteiger partial charge in [-0.05, 0) is 46.5 Å². The molecule has 1 aliphatic heterocycles. The number of hydrogen-bond donors (Lipinski definition) is 0. The first-order valence-electron chi connectivity index (χ1n) is 12.7. The fourth-order valence-electron chi connectivity index (χ4n) is 5.74. The topological polar surface area (TPSA) is 75.8 Å². The molecule has 0 radical (unpaired) electrons. The molecular formula is C32H24BrN3O3. The van der Waals surface area contributed by atoms with Gasteiger partial charge in [-0.25, -0.2) is 0 Å². The van der Waals surface area contributed by atoms with Crippen LogP contribution < -0.4 is 5.01 Å². The van der Waals surface area contributed by atoms with Gasteiger partial charge in [0.25, 0.3) is 5.91 Å². The molecule has 0 N–H and O–H groups in total. The average molecular weight is 578 g/mol. The highest BCUT2D eigenvalue weighted by Crippen LogP contribution is 2.54. The van der Waals surface area contributed by atoms with Crippen molar-refractivity contribution in [3.05, 3.63) is 153 Å². The van der Waals surface area contributed by atoms with Crippen molar-refractivity contribution < 1.29 is 9.72 Å². The van der Waals surface area contributed by atoms with Crippen molar-refractivity contribution in [2.24, 2.45) is 10.5 Å². The monoisotopic (exact) mass is 577 g/mol. The minimum absolute atomic E-state index is 0.0165. The van der Waals surface area contributed by atoms with Gasteiger partial charge in [0.15, 0.2) is 0 Å². The van der Waals surface area contributed by atoms with E-state index in [0.717, 1.165) is 26.7 Å². The second-order valence-electron chi connectivity index (χ2n) is 9.75. The molecule has 1 spiro atoms. The third kappa shape index (κ3) is 4.29. The van der Waals surface area contributed by atoms with E-state index >= 15 is 0 Å². The quantitative estimate of drug-likeness (QED) is 0.187. The third-order valence-electron chi connectivity index (χ3n) is 7.56. The zero-order valence-electron chi connectivity index (χ0n) is 20.9. The summed E-state index contributed by atoms with van der Waals surface area (Å²) in [7, 11) is 0. The Morgan fingerprint density at radius 1 is 0.821 bits per heavy atom. The van der Waals surface area contributed by atoms with Crippen LogP contribution in [0.2, 0.25) is 0 Å². The van der Waals surface area contributed by atoms with E-state index in [1.165, 1.54) is 5.01 Å². The van der Waals surface area contributed by atoms with Gasteiger partial charge in [-0.2, -0.15) is 10.1 Å². The highest BCUT2D eigenvalue weighted by molar-refractivity contribution is 9.10. The number of carbonyl (C=O) groups is 1. The molecule has 0 saturated heterocycles. The van der Waals surface area contributed by atoms with E-state index in [-0.39, 0.29) is 17.3 Å². The van der Waals surface area contributed by atoms with E-state index in [4.69, 9.17) is 5.10 Å². The van der Waals surface area contributed by atoms with Crippen LogP contribution in [0.25, 0.3) is 5.57 Å². The molecule has 0 unspecified atom stereocenters. The minimum Gasteiger partial charge on any atom is -0.271 e. The lowest BCUT2D eigenvalue weighted by molar-refractivity contribution is -0.527. The number of para-hydroxylation sites is 1. The van der Waals surface area contributed by atoms with Crippen molar-refractivity contribution in [3.8, 4) is 0 Å². The lowest BCUT2D eigenvalue weighted by Gasteiger charge is -2.39. The number of anilines is 1. The molecule has 0 aromatic heterocycles. The van der Waals surface area contributed by atoms with Crippen LogP contribution in [0.4, 0.5) is 5.69 Å². The summed E-state index contributed by atoms with van der Waals surface area (Å²) in [4.78, 5) is 27.1. The normalized spacial score (nSPS) is 22.5. The molecule has 1 heterocycles. The number of hydrazone groups is 1. The van der Waals surface area contributed by atoms with Crippen LogP contribution in [0.5, 0.6) is 0 Å². The molecule has 4 aromatic carbocycles. The number of nitro groups is 1. The van der Waals surface area contributed by atoms with Gasteiger partial charge in [-0.3, -0.25) is 14.9 Å². The maximum absolute atomic E-state index is 14.7. The molecule has 0 saturated carbocycles. The first-order valence-corrected chi connectivity index (χ1v) is 13.5. The van der Waals surface area contributed by atoms with E-state index in [2.05, 4.69) is 15.9 Å². The summed E-state index contributed by atoms with van der Waals surface area (Å²) in [5.74, 6) is -0.799. The van der Waals surface area contributed by atoms with Gasteiger partial charge in [0.1, 0.15) is 5.41 Å². The summed E-state index contributed by atoms with van der Waals surface area (Å²) in [5, 5.41) is 19.0. The van der Waals surface area contributed by atoms with Crippen molar-refractivity contribution in [1.29, 1.82) is 0 Å². The van der Waals surface area contributed by atoms with Gasteiger partial charge in [0, 0.05) is 15.8 Å². The second-order valence-corrected chi connectivity index (χ2v) is 10.7. The highest BCUT2D eigenvalue weighted by Gasteiger charge is 2.60. The first kappa shape index (κ1) is 24.9. The maximum atomic E-state index is 14.7. The Balaban J connectivity index is 1.64. The Kier molecular flexibility index (Phi) is 6.45. The molecule has 4 aromatic rings. The summed E-state index contributed by atoms with van der Waals surface area (Å²) < 4.78 is 0.889. The van der Waals surface area contributed by atoms with Crippen LogP contribution in [-0.2, 0) is 4.79 Å². The minimum atomic E-state index is -1.35. The summed E-state index contributed by atoms with van der Waals surface area (Å²) in [6.45, 7) is 0. The molecular weight excluding hydrogens is 554 g/mol. The summed E-state index contributed by atoms with van der Waals surface area (Å²) in [5.41, 5.74) is 2.94. The molecule has 6 nitrogen and oxygen atoms in total. The molecule has 6 rings (SSSR count). The van der Waals surface area contributed by atoms with E-state index in [0.29, 0.717) is 11.4 Å². The molecule has 3 atom stereocenters. The van der Waals surface area contributed by atoms with Crippen LogP contribution in [0.15, 0.2) is 131 Å². The molecule has 39 heavy (non-hydrogen) atoms. The zero-order valence-corrected chi connectivity index (χ0v) is 22.4. The number of carbonyl (C=O) groups excluding carboxylic acids is 1. The molecule has 0 fully saturated rings. The average Bonchev–Trinajstić information content (AvgIpc) is 3.26. The highest BCUT2D eigenvalue weighted by atomic mass is 79.9. The standard InChI is InChI=1S/C32H24BrN3O3/c33-25-18-16-24(17-19-25)30-32(31(37)35(34-30)26-14-8-3-9-15-26)21-29(36(38)39)27(22-10-4-1-5-11-22)20-28(32)23-12-6-2-7-13-23/h1-20,27,29H,21H2/t27-,29+,32-/m1/s1. The number of nitrogens with zero attached hydrogens (tertiary/aromatic N) is 3. The summed E-state index contributed by atoms with van der Waals surface area (Å²) in [6.07, 6.45) is 1.92. The number of hydrogen-bond acceptors (Lipinski definition) is 4. The van der Waals surface area contributed by atoms with E-state index in [1.54, 1.807) is 0 Å². The second kappa shape index (κ2) is 10.1. The predicted octanol–water partition coefficient (Wildman–Crippen LogP) is 7.10. The number of rotatable bonds is 5. The Bertz CT molecular complexity index is 1590. The fourth-order valence-corrected chi connectivity index (χ4v) is 6.00. The Morgan fingerprint density at radius 3 is 2.03 bits per heavy atom. The van der Waals surface area contributed by atoms with Crippen molar-refractivity contribution in [3.63, 3.8) is 0 Å². The van der Waals surface area contributed by atoms with Crippen LogP contribution >= 0.6 is 15.9 Å². The molecule has 1 aliphatic carbocycles. The predicted molar refractivity (Wildman–Crippen MR) is 156 cm³/mol. The SMILES string of the molecule is O=C1N(c2ccccc2)N=C(c2ccc(Br)cc2)[C@]12C[C@H]([N+](=O)[O-])[C@@H](c1ccccc1)C=C2c1ccccc1. The molecule has 1 amide bonds.